The van der Waals surface area contributed by atoms with E-state index in [9.17, 15) is 19.2 Å². The number of halogens is 2. The number of quaternary nitrogens is 1. The smallest absolute Gasteiger partial charge is 0.237 e. The van der Waals surface area contributed by atoms with Crippen molar-refractivity contribution in [2.75, 3.05) is 13.3 Å². The summed E-state index contributed by atoms with van der Waals surface area (Å²) < 4.78 is 0. The van der Waals surface area contributed by atoms with Crippen molar-refractivity contribution < 1.29 is 24.1 Å². The Morgan fingerprint density at radius 1 is 0.706 bits per heavy atom. The van der Waals surface area contributed by atoms with Crippen LogP contribution in [-0.4, -0.2) is 46.8 Å². The van der Waals surface area contributed by atoms with Crippen LogP contribution < -0.4 is 4.90 Å². The van der Waals surface area contributed by atoms with Crippen molar-refractivity contribution in [1.82, 2.24) is 9.80 Å². The van der Waals surface area contributed by atoms with E-state index in [4.69, 9.17) is 23.2 Å². The first-order valence-electron chi connectivity index (χ1n) is 11.6. The number of nitrogens with zero attached hydrogens (tertiary/aromatic N) is 2. The van der Waals surface area contributed by atoms with Crippen LogP contribution >= 0.6 is 23.2 Å². The molecule has 7 nitrogen and oxygen atoms in total. The lowest BCUT2D eigenvalue weighted by atomic mass is 9.85. The number of carbonyl (C=O) groups is 4. The van der Waals surface area contributed by atoms with Gasteiger partial charge in [-0.3, -0.25) is 24.1 Å². The third kappa shape index (κ3) is 4.21. The second kappa shape index (κ2) is 9.29. The minimum absolute atomic E-state index is 0.0859. The van der Waals surface area contributed by atoms with E-state index in [1.54, 1.807) is 0 Å². The topological polar surface area (TPSA) is 79.2 Å². The maximum atomic E-state index is 13.1. The number of carbonyl (C=O) groups excluding carboxylic acids is 4. The molecule has 4 atom stereocenters. The summed E-state index contributed by atoms with van der Waals surface area (Å²) in [6.45, 7) is 0.628. The number of fused-ring (bicyclic) bond motifs is 2. The van der Waals surface area contributed by atoms with Crippen molar-refractivity contribution in [2.24, 2.45) is 23.7 Å². The molecule has 1 aromatic rings. The van der Waals surface area contributed by atoms with Gasteiger partial charge in [0.25, 0.3) is 0 Å². The fourth-order valence-corrected chi connectivity index (χ4v) is 6.11. The third-order valence-corrected chi connectivity index (χ3v) is 8.00. The second-order valence-corrected chi connectivity index (χ2v) is 10.5. The summed E-state index contributed by atoms with van der Waals surface area (Å²) in [6.07, 6.45) is 5.30. The maximum absolute atomic E-state index is 13.1. The van der Waals surface area contributed by atoms with Crippen molar-refractivity contribution in [2.45, 2.75) is 32.2 Å². The van der Waals surface area contributed by atoms with E-state index >= 15 is 0 Å². The minimum Gasteiger partial charge on any atom is -0.296 e. The molecule has 4 amide bonds. The Morgan fingerprint density at radius 3 is 1.62 bits per heavy atom. The summed E-state index contributed by atoms with van der Waals surface area (Å²) in [4.78, 5) is 55.8. The predicted octanol–water partition coefficient (Wildman–Crippen LogP) is 2.02. The van der Waals surface area contributed by atoms with Gasteiger partial charge in [-0.2, -0.15) is 0 Å². The molecule has 9 heteroatoms. The van der Waals surface area contributed by atoms with Gasteiger partial charge in [-0.25, -0.2) is 9.80 Å². The van der Waals surface area contributed by atoms with E-state index in [1.807, 2.05) is 42.5 Å². The van der Waals surface area contributed by atoms with E-state index < -0.39 is 11.8 Å². The van der Waals surface area contributed by atoms with Gasteiger partial charge in [0.05, 0.1) is 23.7 Å². The molecule has 4 unspecified atom stereocenters. The minimum atomic E-state index is -0.436. The van der Waals surface area contributed by atoms with E-state index in [0.717, 1.165) is 10.5 Å². The molecule has 2 aliphatic carbocycles. The molecule has 1 N–H and O–H groups in total. The molecule has 0 bridgehead atoms. The number of benzene rings is 1. The molecular formula is C25H26Cl2N3O4+. The molecule has 34 heavy (non-hydrogen) atoms. The Kier molecular flexibility index (Phi) is 6.35. The highest BCUT2D eigenvalue weighted by Crippen LogP contribution is 2.39. The van der Waals surface area contributed by atoms with Gasteiger partial charge in [0.2, 0.25) is 23.6 Å². The van der Waals surface area contributed by atoms with Crippen molar-refractivity contribution in [1.29, 1.82) is 0 Å². The standard InChI is InChI=1S/C25H25Cl2N3O4/c26-16-6-8-18-20(10-16)24(33)29(22(18)31)13-28(12-15-4-2-1-3-5-15)14-30-23(32)19-9-7-17(27)11-21(19)25(30)34/h1-7,18-21H,8-14H2/p+1. The SMILES string of the molecule is O=C1C2CC=C(Cl)CC2C(=O)N1C[NH+](Cc1ccccc1)CN1C(=O)C2CC=C(Cl)CC2C1=O. The fourth-order valence-electron chi connectivity index (χ4n) is 5.60. The van der Waals surface area contributed by atoms with Gasteiger partial charge in [0.1, 0.15) is 6.54 Å². The largest absolute Gasteiger partial charge is 0.296 e. The number of hydrogen-bond donors (Lipinski definition) is 1. The summed E-state index contributed by atoms with van der Waals surface area (Å²) in [5.74, 6) is -2.51. The van der Waals surface area contributed by atoms with Crippen LogP contribution in [0.25, 0.3) is 0 Å². The number of nitrogens with one attached hydrogen (secondary N) is 1. The molecule has 2 heterocycles. The molecule has 0 spiro atoms. The highest BCUT2D eigenvalue weighted by Gasteiger charge is 2.52. The van der Waals surface area contributed by atoms with Crippen LogP contribution in [0.1, 0.15) is 31.2 Å². The highest BCUT2D eigenvalue weighted by atomic mass is 35.5. The summed E-state index contributed by atoms with van der Waals surface area (Å²) in [5, 5.41) is 1.22. The molecule has 1 aromatic carbocycles. The Labute approximate surface area is 207 Å². The zero-order chi connectivity index (χ0) is 24.0. The molecular weight excluding hydrogens is 477 g/mol. The van der Waals surface area contributed by atoms with Crippen LogP contribution in [-0.2, 0) is 25.7 Å². The summed E-state index contributed by atoms with van der Waals surface area (Å²) in [5.41, 5.74) is 0.986. The van der Waals surface area contributed by atoms with Crippen molar-refractivity contribution in [3.05, 3.63) is 58.1 Å². The number of allylic oxidation sites excluding steroid dienone is 4. The molecule has 5 rings (SSSR count). The van der Waals surface area contributed by atoms with Gasteiger partial charge in [-0.05, 0) is 25.7 Å². The quantitative estimate of drug-likeness (QED) is 0.603. The first-order valence-corrected chi connectivity index (χ1v) is 12.4. The summed E-state index contributed by atoms with van der Waals surface area (Å²) >= 11 is 12.3. The number of amides is 4. The van der Waals surface area contributed by atoms with E-state index in [1.165, 1.54) is 9.80 Å². The van der Waals surface area contributed by atoms with Crippen LogP contribution in [0.2, 0.25) is 0 Å². The lowest BCUT2D eigenvalue weighted by Gasteiger charge is -2.27. The van der Waals surface area contributed by atoms with Crippen molar-refractivity contribution in [3.63, 3.8) is 0 Å². The van der Waals surface area contributed by atoms with Gasteiger partial charge in [-0.1, -0.05) is 65.7 Å². The Morgan fingerprint density at radius 2 is 1.15 bits per heavy atom. The second-order valence-electron chi connectivity index (χ2n) is 9.55. The molecule has 2 aliphatic heterocycles. The molecule has 4 aliphatic rings. The summed E-state index contributed by atoms with van der Waals surface area (Å²) in [7, 11) is 0. The Bertz CT molecular complexity index is 1040. The van der Waals surface area contributed by atoms with Gasteiger partial charge in [0, 0.05) is 15.6 Å². The van der Waals surface area contributed by atoms with Gasteiger partial charge in [0.15, 0.2) is 13.3 Å². The van der Waals surface area contributed by atoms with Gasteiger partial charge >= 0.3 is 0 Å². The first-order chi connectivity index (χ1) is 16.3. The number of likely N-dealkylation sites (tertiary alicyclic amines) is 2. The normalized spacial score (nSPS) is 29.7. The molecule has 0 saturated carbocycles. The van der Waals surface area contributed by atoms with Crippen LogP contribution in [0.3, 0.4) is 0 Å². The predicted molar refractivity (Wildman–Crippen MR) is 125 cm³/mol. The Balaban J connectivity index is 1.36. The molecule has 0 radical (unpaired) electrons. The lowest BCUT2D eigenvalue weighted by Crippen LogP contribution is -3.14. The lowest BCUT2D eigenvalue weighted by molar-refractivity contribution is -0.928. The van der Waals surface area contributed by atoms with Crippen LogP contribution in [0, 0.1) is 23.7 Å². The van der Waals surface area contributed by atoms with E-state index in [0.29, 0.717) is 42.3 Å². The monoisotopic (exact) mass is 502 g/mol. The van der Waals surface area contributed by atoms with Crippen molar-refractivity contribution >= 4 is 46.8 Å². The average molecular weight is 503 g/mol. The van der Waals surface area contributed by atoms with Crippen molar-refractivity contribution in [3.8, 4) is 0 Å². The van der Waals surface area contributed by atoms with Crippen LogP contribution in [0.5, 0.6) is 0 Å². The average Bonchev–Trinajstić information content (AvgIpc) is 3.19. The molecule has 2 fully saturated rings. The third-order valence-electron chi connectivity index (χ3n) is 7.38. The number of rotatable bonds is 6. The molecule has 2 saturated heterocycles. The molecule has 178 valence electrons. The van der Waals surface area contributed by atoms with E-state index in [-0.39, 0.29) is 48.8 Å². The van der Waals surface area contributed by atoms with Crippen LogP contribution in [0.4, 0.5) is 0 Å². The Hall–Kier alpha value is -2.48. The number of imide groups is 2. The zero-order valence-electron chi connectivity index (χ0n) is 18.6. The van der Waals surface area contributed by atoms with Gasteiger partial charge < -0.3 is 0 Å². The molecule has 0 aromatic heterocycles. The fraction of sp³-hybridized carbons (Fsp3) is 0.440. The van der Waals surface area contributed by atoms with E-state index in [2.05, 4.69) is 0 Å². The van der Waals surface area contributed by atoms with Crippen LogP contribution in [0.15, 0.2) is 52.5 Å². The summed E-state index contributed by atoms with van der Waals surface area (Å²) in [6, 6.07) is 9.64. The maximum Gasteiger partial charge on any atom is 0.237 e. The first kappa shape index (κ1) is 23.3. The van der Waals surface area contributed by atoms with Gasteiger partial charge in [-0.15, -0.1) is 0 Å². The zero-order valence-corrected chi connectivity index (χ0v) is 20.1. The number of hydrogen-bond acceptors (Lipinski definition) is 4. The highest BCUT2D eigenvalue weighted by molar-refractivity contribution is 6.30.